The first-order valence-corrected chi connectivity index (χ1v) is 7.05. The first-order valence-electron chi connectivity index (χ1n) is 7.05. The normalized spacial score (nSPS) is 15.9. The minimum atomic E-state index is -0.125. The summed E-state index contributed by atoms with van der Waals surface area (Å²) < 4.78 is 16.1. The van der Waals surface area contributed by atoms with Gasteiger partial charge in [0.1, 0.15) is 17.6 Å². The van der Waals surface area contributed by atoms with Crippen LogP contribution in [-0.4, -0.2) is 29.0 Å². The summed E-state index contributed by atoms with van der Waals surface area (Å²) in [4.78, 5) is 4.38. The van der Waals surface area contributed by atoms with E-state index in [1.807, 2.05) is 6.92 Å². The van der Waals surface area contributed by atoms with Crippen molar-refractivity contribution in [2.24, 2.45) is 5.92 Å². The van der Waals surface area contributed by atoms with E-state index in [-0.39, 0.29) is 17.7 Å². The highest BCUT2D eigenvalue weighted by atomic mass is 16.5. The lowest BCUT2D eigenvalue weighted by molar-refractivity contribution is 0.0385. The summed E-state index contributed by atoms with van der Waals surface area (Å²) >= 11 is 0. The van der Waals surface area contributed by atoms with Gasteiger partial charge >= 0.3 is 0 Å². The molecule has 1 aromatic carbocycles. The van der Waals surface area contributed by atoms with Crippen molar-refractivity contribution < 1.29 is 19.1 Å². The van der Waals surface area contributed by atoms with Crippen LogP contribution in [-0.2, 0) is 4.74 Å². The molecule has 1 aliphatic carbocycles. The van der Waals surface area contributed by atoms with Crippen molar-refractivity contribution in [3.05, 3.63) is 24.0 Å². The van der Waals surface area contributed by atoms with Gasteiger partial charge in [0.2, 0.25) is 5.82 Å². The molecular formula is C15H18N2O4. The van der Waals surface area contributed by atoms with Gasteiger partial charge in [-0.3, -0.25) is 0 Å². The van der Waals surface area contributed by atoms with Crippen LogP contribution < -0.4 is 4.74 Å². The Morgan fingerprint density at radius 2 is 2.24 bits per heavy atom. The molecule has 112 valence electrons. The van der Waals surface area contributed by atoms with Crippen LogP contribution in [0, 0.1) is 5.92 Å². The number of aromatic hydroxyl groups is 1. The van der Waals surface area contributed by atoms with Crippen LogP contribution in [0.2, 0.25) is 0 Å². The van der Waals surface area contributed by atoms with Crippen molar-refractivity contribution in [1.82, 2.24) is 10.1 Å². The van der Waals surface area contributed by atoms with Gasteiger partial charge in [-0.1, -0.05) is 5.16 Å². The second-order valence-corrected chi connectivity index (χ2v) is 5.05. The Morgan fingerprint density at radius 3 is 2.90 bits per heavy atom. The van der Waals surface area contributed by atoms with Gasteiger partial charge in [0.15, 0.2) is 0 Å². The molecule has 1 unspecified atom stereocenters. The van der Waals surface area contributed by atoms with Gasteiger partial charge in [-0.2, -0.15) is 4.98 Å². The van der Waals surface area contributed by atoms with Crippen LogP contribution >= 0.6 is 0 Å². The highest BCUT2D eigenvalue weighted by Crippen LogP contribution is 2.43. The van der Waals surface area contributed by atoms with E-state index in [1.165, 1.54) is 0 Å². The molecule has 0 saturated heterocycles. The Bertz CT molecular complexity index is 622. The monoisotopic (exact) mass is 290 g/mol. The highest BCUT2D eigenvalue weighted by Gasteiger charge is 2.36. The molecule has 0 spiro atoms. The fraction of sp³-hybridized carbons (Fsp3) is 0.467. The summed E-state index contributed by atoms with van der Waals surface area (Å²) in [5.41, 5.74) is 0.458. The zero-order valence-electron chi connectivity index (χ0n) is 12.1. The number of nitrogens with zero attached hydrogens (tertiary/aromatic N) is 2. The highest BCUT2D eigenvalue weighted by molar-refractivity contribution is 5.64. The van der Waals surface area contributed by atoms with Crippen LogP contribution in [0.4, 0.5) is 0 Å². The van der Waals surface area contributed by atoms with Gasteiger partial charge in [0.25, 0.3) is 5.89 Å². The fourth-order valence-corrected chi connectivity index (χ4v) is 2.27. The van der Waals surface area contributed by atoms with Gasteiger partial charge in [0.05, 0.1) is 12.7 Å². The maximum absolute atomic E-state index is 9.94. The first-order chi connectivity index (χ1) is 10.2. The van der Waals surface area contributed by atoms with Gasteiger partial charge < -0.3 is 19.1 Å². The topological polar surface area (TPSA) is 77.6 Å². The number of methoxy groups -OCH3 is 1. The zero-order valence-corrected chi connectivity index (χ0v) is 12.1. The Morgan fingerprint density at radius 1 is 1.43 bits per heavy atom. The van der Waals surface area contributed by atoms with Crippen LogP contribution in [0.15, 0.2) is 22.7 Å². The molecule has 6 nitrogen and oxygen atoms in total. The van der Waals surface area contributed by atoms with Crippen molar-refractivity contribution in [3.8, 4) is 23.0 Å². The van der Waals surface area contributed by atoms with Crippen molar-refractivity contribution in [2.45, 2.75) is 25.9 Å². The molecule has 1 fully saturated rings. The summed E-state index contributed by atoms with van der Waals surface area (Å²) in [5, 5.41) is 13.9. The summed E-state index contributed by atoms with van der Waals surface area (Å²) in [7, 11) is 1.56. The molecule has 6 heteroatoms. The third-order valence-corrected chi connectivity index (χ3v) is 3.53. The van der Waals surface area contributed by atoms with Gasteiger partial charge in [-0.15, -0.1) is 0 Å². The van der Waals surface area contributed by atoms with Crippen molar-refractivity contribution >= 4 is 0 Å². The number of rotatable bonds is 6. The largest absolute Gasteiger partial charge is 0.507 e. The average molecular weight is 290 g/mol. The molecule has 3 rings (SSSR count). The predicted molar refractivity (Wildman–Crippen MR) is 75.0 cm³/mol. The van der Waals surface area contributed by atoms with E-state index in [4.69, 9.17) is 14.0 Å². The number of phenols is 1. The van der Waals surface area contributed by atoms with E-state index in [9.17, 15) is 5.11 Å². The van der Waals surface area contributed by atoms with E-state index in [0.29, 0.717) is 29.7 Å². The Kier molecular flexibility index (Phi) is 3.79. The maximum atomic E-state index is 9.94. The molecule has 1 saturated carbocycles. The van der Waals surface area contributed by atoms with E-state index in [1.54, 1.807) is 25.3 Å². The molecule has 0 radical (unpaired) electrons. The Hall–Kier alpha value is -2.08. The fourth-order valence-electron chi connectivity index (χ4n) is 2.27. The van der Waals surface area contributed by atoms with Crippen LogP contribution in [0.3, 0.4) is 0 Å². The van der Waals surface area contributed by atoms with E-state index < -0.39 is 0 Å². The van der Waals surface area contributed by atoms with Crippen LogP contribution in [0.25, 0.3) is 11.5 Å². The summed E-state index contributed by atoms with van der Waals surface area (Å²) in [6.07, 6.45) is 2.12. The third kappa shape index (κ3) is 2.85. The minimum absolute atomic E-state index is 0.0744. The lowest BCUT2D eigenvalue weighted by Gasteiger charge is -2.11. The standard InChI is InChI=1S/C15H18N2O4/c1-3-20-13(9-4-5-9)14-16-15(21-17-14)11-8-10(19-2)6-7-12(11)18/h6-9,13,18H,3-5H2,1-2H3. The predicted octanol–water partition coefficient (Wildman–Crippen LogP) is 2.94. The van der Waals surface area contributed by atoms with Crippen molar-refractivity contribution in [1.29, 1.82) is 0 Å². The lowest BCUT2D eigenvalue weighted by atomic mass is 10.2. The van der Waals surface area contributed by atoms with E-state index in [2.05, 4.69) is 10.1 Å². The second-order valence-electron chi connectivity index (χ2n) is 5.05. The quantitative estimate of drug-likeness (QED) is 0.881. The van der Waals surface area contributed by atoms with Crippen molar-refractivity contribution in [3.63, 3.8) is 0 Å². The van der Waals surface area contributed by atoms with Crippen molar-refractivity contribution in [2.75, 3.05) is 13.7 Å². The second kappa shape index (κ2) is 5.73. The number of phenolic OH excluding ortho intramolecular Hbond substituents is 1. The molecule has 1 aromatic heterocycles. The molecule has 0 aliphatic heterocycles. The molecular weight excluding hydrogens is 272 g/mol. The van der Waals surface area contributed by atoms with Gasteiger partial charge in [0, 0.05) is 6.61 Å². The van der Waals surface area contributed by atoms with E-state index in [0.717, 1.165) is 12.8 Å². The summed E-state index contributed by atoms with van der Waals surface area (Å²) in [6.45, 7) is 2.56. The molecule has 1 aliphatic rings. The van der Waals surface area contributed by atoms with Gasteiger partial charge in [-0.25, -0.2) is 0 Å². The first kappa shape index (κ1) is 13.9. The van der Waals surface area contributed by atoms with Crippen LogP contribution in [0.1, 0.15) is 31.7 Å². The molecule has 0 amide bonds. The number of aromatic nitrogens is 2. The number of ether oxygens (including phenoxy) is 2. The number of hydrogen-bond donors (Lipinski definition) is 1. The zero-order chi connectivity index (χ0) is 14.8. The van der Waals surface area contributed by atoms with Crippen LogP contribution in [0.5, 0.6) is 11.5 Å². The summed E-state index contributed by atoms with van der Waals surface area (Å²) in [5.74, 6) is 1.97. The smallest absolute Gasteiger partial charge is 0.261 e. The lowest BCUT2D eigenvalue weighted by Crippen LogP contribution is -2.08. The maximum Gasteiger partial charge on any atom is 0.261 e. The molecule has 1 atom stereocenters. The molecule has 1 N–H and O–H groups in total. The Balaban J connectivity index is 1.90. The molecule has 0 bridgehead atoms. The summed E-state index contributed by atoms with van der Waals surface area (Å²) in [6, 6.07) is 4.88. The molecule has 21 heavy (non-hydrogen) atoms. The average Bonchev–Trinajstić information content (AvgIpc) is 3.22. The number of benzene rings is 1. The minimum Gasteiger partial charge on any atom is -0.507 e. The van der Waals surface area contributed by atoms with E-state index >= 15 is 0 Å². The Labute approximate surface area is 122 Å². The molecule has 1 heterocycles. The number of hydrogen-bond acceptors (Lipinski definition) is 6. The molecule has 2 aromatic rings. The third-order valence-electron chi connectivity index (χ3n) is 3.53. The van der Waals surface area contributed by atoms with Gasteiger partial charge in [-0.05, 0) is 43.9 Å². The SMILES string of the molecule is CCOC(c1noc(-c2cc(OC)ccc2O)n1)C1CC1.